The van der Waals surface area contributed by atoms with Gasteiger partial charge in [0, 0.05) is 29.3 Å². The molecule has 0 spiro atoms. The molecular formula is C14H18ClF3N2O. The summed E-state index contributed by atoms with van der Waals surface area (Å²) in [6, 6.07) is 3.80. The van der Waals surface area contributed by atoms with Crippen LogP contribution >= 0.6 is 11.6 Å². The first-order valence-electron chi connectivity index (χ1n) is 6.80. The number of morpholine rings is 1. The van der Waals surface area contributed by atoms with Gasteiger partial charge in [0.05, 0.1) is 18.8 Å². The maximum atomic E-state index is 13.0. The predicted molar refractivity (Wildman–Crippen MR) is 76.8 cm³/mol. The van der Waals surface area contributed by atoms with E-state index < -0.39 is 11.7 Å². The number of ether oxygens (including phenoxy) is 1. The second kappa shape index (κ2) is 6.85. The summed E-state index contributed by atoms with van der Waals surface area (Å²) in [6.45, 7) is 3.88. The minimum atomic E-state index is -4.43. The average Bonchev–Trinajstić information content (AvgIpc) is 2.40. The van der Waals surface area contributed by atoms with Crippen LogP contribution in [0.25, 0.3) is 0 Å². The number of nitrogens with one attached hydrogen (secondary N) is 2. The Kier molecular flexibility index (Phi) is 5.35. The van der Waals surface area contributed by atoms with E-state index in [0.717, 1.165) is 12.6 Å². The van der Waals surface area contributed by atoms with Gasteiger partial charge in [-0.15, -0.1) is 0 Å². The van der Waals surface area contributed by atoms with Crippen molar-refractivity contribution in [2.75, 3.05) is 25.1 Å². The van der Waals surface area contributed by atoms with E-state index in [2.05, 4.69) is 10.6 Å². The van der Waals surface area contributed by atoms with E-state index in [9.17, 15) is 13.2 Å². The van der Waals surface area contributed by atoms with Crippen LogP contribution in [0.3, 0.4) is 0 Å². The number of rotatable bonds is 4. The molecule has 0 radical (unpaired) electrons. The second-order valence-electron chi connectivity index (χ2n) is 5.19. The molecule has 2 N–H and O–H groups in total. The minimum absolute atomic E-state index is 0.0520. The summed E-state index contributed by atoms with van der Waals surface area (Å²) in [4.78, 5) is 0. The van der Waals surface area contributed by atoms with Crippen molar-refractivity contribution in [3.8, 4) is 0 Å². The third-order valence-corrected chi connectivity index (χ3v) is 3.56. The van der Waals surface area contributed by atoms with Gasteiger partial charge in [-0.25, -0.2) is 0 Å². The van der Waals surface area contributed by atoms with Crippen molar-refractivity contribution in [1.29, 1.82) is 0 Å². The lowest BCUT2D eigenvalue weighted by atomic mass is 10.1. The maximum Gasteiger partial charge on any atom is 0.418 e. The molecule has 1 aliphatic heterocycles. The van der Waals surface area contributed by atoms with Crippen LogP contribution in [0.15, 0.2) is 18.2 Å². The highest BCUT2D eigenvalue weighted by atomic mass is 35.5. The molecule has 2 rings (SSSR count). The van der Waals surface area contributed by atoms with Gasteiger partial charge in [0.25, 0.3) is 0 Å². The first kappa shape index (κ1) is 16.4. The predicted octanol–water partition coefficient (Wildman–Crippen LogP) is 3.54. The largest absolute Gasteiger partial charge is 0.418 e. The highest BCUT2D eigenvalue weighted by Gasteiger charge is 2.34. The summed E-state index contributed by atoms with van der Waals surface area (Å²) in [6.07, 6.45) is -3.75. The monoisotopic (exact) mass is 322 g/mol. The van der Waals surface area contributed by atoms with E-state index in [1.54, 1.807) is 0 Å². The molecule has 3 nitrogen and oxygen atoms in total. The molecule has 1 aliphatic rings. The zero-order valence-electron chi connectivity index (χ0n) is 11.6. The Labute approximate surface area is 126 Å². The molecule has 1 aromatic rings. The second-order valence-corrected chi connectivity index (χ2v) is 5.63. The number of anilines is 1. The van der Waals surface area contributed by atoms with Crippen molar-refractivity contribution >= 4 is 17.3 Å². The van der Waals surface area contributed by atoms with Gasteiger partial charge < -0.3 is 15.4 Å². The molecule has 118 valence electrons. The maximum absolute atomic E-state index is 13.0. The smallest absolute Gasteiger partial charge is 0.382 e. The molecule has 1 fully saturated rings. The minimum Gasteiger partial charge on any atom is -0.382 e. The molecule has 1 heterocycles. The number of alkyl halides is 3. The summed E-state index contributed by atoms with van der Waals surface area (Å²) in [5, 5.41) is 6.27. The summed E-state index contributed by atoms with van der Waals surface area (Å²) in [5.41, 5.74) is -0.689. The van der Waals surface area contributed by atoms with Crippen LogP contribution in [0.2, 0.25) is 5.02 Å². The van der Waals surface area contributed by atoms with Crippen molar-refractivity contribution in [3.63, 3.8) is 0 Å². The Morgan fingerprint density at radius 2 is 2.24 bits per heavy atom. The molecule has 0 saturated carbocycles. The quantitative estimate of drug-likeness (QED) is 0.889. The Morgan fingerprint density at radius 1 is 1.48 bits per heavy atom. The molecule has 21 heavy (non-hydrogen) atoms. The van der Waals surface area contributed by atoms with Crippen molar-refractivity contribution in [2.24, 2.45) is 0 Å². The number of halogens is 4. The fourth-order valence-electron chi connectivity index (χ4n) is 2.40. The van der Waals surface area contributed by atoms with Gasteiger partial charge in [-0.05, 0) is 31.5 Å². The fraction of sp³-hybridized carbons (Fsp3) is 0.571. The van der Waals surface area contributed by atoms with Crippen LogP contribution < -0.4 is 10.6 Å². The lowest BCUT2D eigenvalue weighted by Gasteiger charge is -2.27. The molecule has 0 aliphatic carbocycles. The van der Waals surface area contributed by atoms with E-state index in [0.29, 0.717) is 19.6 Å². The van der Waals surface area contributed by atoms with Gasteiger partial charge in [-0.2, -0.15) is 13.2 Å². The molecule has 0 bridgehead atoms. The molecule has 2 unspecified atom stereocenters. The summed E-state index contributed by atoms with van der Waals surface area (Å²) >= 11 is 5.66. The standard InChI is InChI=1S/C14H18ClF3N2O/c1-9(6-11-8-21-5-4-19-11)20-13-3-2-10(15)7-12(13)14(16,17)18/h2-3,7,9,11,19-20H,4-6,8H2,1H3. The summed E-state index contributed by atoms with van der Waals surface area (Å²) in [5.74, 6) is 0. The van der Waals surface area contributed by atoms with E-state index in [1.807, 2.05) is 6.92 Å². The van der Waals surface area contributed by atoms with Gasteiger partial charge in [0.1, 0.15) is 0 Å². The molecule has 1 aromatic carbocycles. The van der Waals surface area contributed by atoms with E-state index in [4.69, 9.17) is 16.3 Å². The molecule has 7 heteroatoms. The van der Waals surface area contributed by atoms with Gasteiger partial charge in [-0.1, -0.05) is 11.6 Å². The first-order chi connectivity index (χ1) is 9.86. The van der Waals surface area contributed by atoms with Crippen LogP contribution in [0.4, 0.5) is 18.9 Å². The third-order valence-electron chi connectivity index (χ3n) is 3.33. The number of hydrogen-bond donors (Lipinski definition) is 2. The van der Waals surface area contributed by atoms with E-state index in [-0.39, 0.29) is 22.8 Å². The van der Waals surface area contributed by atoms with Crippen molar-refractivity contribution < 1.29 is 17.9 Å². The molecule has 2 atom stereocenters. The van der Waals surface area contributed by atoms with Crippen molar-refractivity contribution in [3.05, 3.63) is 28.8 Å². The third kappa shape index (κ3) is 4.76. The lowest BCUT2D eigenvalue weighted by Crippen LogP contribution is -2.43. The fourth-order valence-corrected chi connectivity index (χ4v) is 2.57. The molecule has 1 saturated heterocycles. The highest BCUT2D eigenvalue weighted by molar-refractivity contribution is 6.30. The van der Waals surface area contributed by atoms with Crippen LogP contribution in [0, 0.1) is 0 Å². The zero-order chi connectivity index (χ0) is 15.5. The normalized spacial score (nSPS) is 21.1. The van der Waals surface area contributed by atoms with Crippen molar-refractivity contribution in [1.82, 2.24) is 5.32 Å². The molecular weight excluding hydrogens is 305 g/mol. The number of hydrogen-bond acceptors (Lipinski definition) is 3. The average molecular weight is 323 g/mol. The van der Waals surface area contributed by atoms with Gasteiger partial charge in [0.15, 0.2) is 0 Å². The van der Waals surface area contributed by atoms with Gasteiger partial charge >= 0.3 is 6.18 Å². The van der Waals surface area contributed by atoms with Gasteiger partial charge in [0.2, 0.25) is 0 Å². The molecule has 0 amide bonds. The highest BCUT2D eigenvalue weighted by Crippen LogP contribution is 2.36. The zero-order valence-corrected chi connectivity index (χ0v) is 12.4. The van der Waals surface area contributed by atoms with Crippen LogP contribution in [0.5, 0.6) is 0 Å². The summed E-state index contributed by atoms with van der Waals surface area (Å²) < 4.78 is 44.4. The first-order valence-corrected chi connectivity index (χ1v) is 7.18. The van der Waals surface area contributed by atoms with Crippen LogP contribution in [-0.4, -0.2) is 31.8 Å². The SMILES string of the molecule is CC(CC1COCCN1)Nc1ccc(Cl)cc1C(F)(F)F. The van der Waals surface area contributed by atoms with Crippen LogP contribution in [0.1, 0.15) is 18.9 Å². The Bertz CT molecular complexity index is 476. The Hall–Kier alpha value is -0.980. The van der Waals surface area contributed by atoms with Gasteiger partial charge in [-0.3, -0.25) is 0 Å². The summed E-state index contributed by atoms with van der Waals surface area (Å²) in [7, 11) is 0. The Morgan fingerprint density at radius 3 is 2.86 bits per heavy atom. The molecule has 0 aromatic heterocycles. The van der Waals surface area contributed by atoms with E-state index in [1.165, 1.54) is 12.1 Å². The number of benzene rings is 1. The van der Waals surface area contributed by atoms with Crippen LogP contribution in [-0.2, 0) is 10.9 Å². The lowest BCUT2D eigenvalue weighted by molar-refractivity contribution is -0.137. The van der Waals surface area contributed by atoms with Crippen molar-refractivity contribution in [2.45, 2.75) is 31.6 Å². The topological polar surface area (TPSA) is 33.3 Å². The van der Waals surface area contributed by atoms with E-state index >= 15 is 0 Å². The Balaban J connectivity index is 2.04.